The highest BCUT2D eigenvalue weighted by Gasteiger charge is 2.15. The Morgan fingerprint density at radius 3 is 2.90 bits per heavy atom. The quantitative estimate of drug-likeness (QED) is 0.358. The molecule has 2 aromatic rings. The minimum absolute atomic E-state index is 0.0146. The summed E-state index contributed by atoms with van der Waals surface area (Å²) >= 11 is 1.19. The molecule has 9 heteroatoms. The van der Waals surface area contributed by atoms with Crippen molar-refractivity contribution < 1.29 is 14.5 Å². The number of aromatic nitrogens is 3. The molecule has 0 spiro atoms. The summed E-state index contributed by atoms with van der Waals surface area (Å²) in [5.41, 5.74) is 0.573. The molecule has 0 aliphatic rings. The highest BCUT2D eigenvalue weighted by atomic mass is 32.2. The molecule has 2 rings (SSSR count). The van der Waals surface area contributed by atoms with E-state index in [1.165, 1.54) is 31.0 Å². The van der Waals surface area contributed by atoms with Crippen molar-refractivity contribution in [3.05, 3.63) is 34.4 Å². The Kier molecular flexibility index (Phi) is 4.53. The molecular formula is C12H12N4O4S. The molecular weight excluding hydrogens is 296 g/mol. The standard InChI is InChI=1S/C12H12N4O4S/c1-15-11(8-4-3-5-9(6-8)16(18)19)13-14-12(15)21-7-10(17)20-2/h3-6H,7H2,1-2H3. The number of nitro groups is 1. The lowest BCUT2D eigenvalue weighted by Gasteiger charge is -2.03. The number of ether oxygens (including phenoxy) is 1. The van der Waals surface area contributed by atoms with Gasteiger partial charge in [-0.05, 0) is 0 Å². The molecule has 0 amide bonds. The first-order chi connectivity index (χ1) is 10.0. The van der Waals surface area contributed by atoms with Crippen molar-refractivity contribution in [2.75, 3.05) is 12.9 Å². The number of esters is 1. The van der Waals surface area contributed by atoms with Gasteiger partial charge in [0.1, 0.15) is 0 Å². The first-order valence-corrected chi connectivity index (χ1v) is 6.85. The van der Waals surface area contributed by atoms with Crippen LogP contribution in [0.5, 0.6) is 0 Å². The summed E-state index contributed by atoms with van der Waals surface area (Å²) < 4.78 is 6.23. The van der Waals surface area contributed by atoms with Gasteiger partial charge in [-0.15, -0.1) is 10.2 Å². The molecule has 0 fully saturated rings. The maximum Gasteiger partial charge on any atom is 0.316 e. The Morgan fingerprint density at radius 2 is 2.24 bits per heavy atom. The second kappa shape index (κ2) is 6.35. The molecule has 1 aromatic carbocycles. The van der Waals surface area contributed by atoms with E-state index in [1.807, 2.05) is 0 Å². The lowest BCUT2D eigenvalue weighted by molar-refractivity contribution is -0.384. The average molecular weight is 308 g/mol. The Labute approximate surface area is 124 Å². The Hall–Kier alpha value is -2.42. The predicted octanol–water partition coefficient (Wildman–Crippen LogP) is 1.66. The molecule has 110 valence electrons. The number of rotatable bonds is 5. The fraction of sp³-hybridized carbons (Fsp3) is 0.250. The zero-order valence-corrected chi connectivity index (χ0v) is 12.2. The molecule has 0 aliphatic carbocycles. The summed E-state index contributed by atoms with van der Waals surface area (Å²) in [4.78, 5) is 21.4. The molecule has 21 heavy (non-hydrogen) atoms. The van der Waals surface area contributed by atoms with Gasteiger partial charge in [-0.3, -0.25) is 14.9 Å². The SMILES string of the molecule is COC(=O)CSc1nnc(-c2cccc([N+](=O)[O-])c2)n1C. The van der Waals surface area contributed by atoms with E-state index in [9.17, 15) is 14.9 Å². The normalized spacial score (nSPS) is 10.4. The van der Waals surface area contributed by atoms with Gasteiger partial charge in [0.25, 0.3) is 5.69 Å². The fourth-order valence-electron chi connectivity index (χ4n) is 1.63. The molecule has 0 unspecified atom stereocenters. The summed E-state index contributed by atoms with van der Waals surface area (Å²) in [7, 11) is 3.04. The minimum atomic E-state index is -0.465. The highest BCUT2D eigenvalue weighted by Crippen LogP contribution is 2.25. The van der Waals surface area contributed by atoms with Gasteiger partial charge in [-0.25, -0.2) is 0 Å². The first-order valence-electron chi connectivity index (χ1n) is 5.86. The van der Waals surface area contributed by atoms with Gasteiger partial charge in [0.05, 0.1) is 17.8 Å². The Bertz CT molecular complexity index is 686. The molecule has 0 radical (unpaired) electrons. The fourth-order valence-corrected chi connectivity index (χ4v) is 2.38. The van der Waals surface area contributed by atoms with Crippen molar-refractivity contribution >= 4 is 23.4 Å². The number of benzene rings is 1. The van der Waals surface area contributed by atoms with Crippen LogP contribution in [0.1, 0.15) is 0 Å². The third-order valence-corrected chi connectivity index (χ3v) is 3.69. The van der Waals surface area contributed by atoms with Gasteiger partial charge in [0, 0.05) is 24.7 Å². The molecule has 0 atom stereocenters. The van der Waals surface area contributed by atoms with Gasteiger partial charge in [-0.2, -0.15) is 0 Å². The smallest absolute Gasteiger partial charge is 0.316 e. The van der Waals surface area contributed by atoms with Crippen LogP contribution in [-0.2, 0) is 16.6 Å². The second-order valence-corrected chi connectivity index (χ2v) is 4.98. The van der Waals surface area contributed by atoms with Crippen molar-refractivity contribution in [3.63, 3.8) is 0 Å². The molecule has 0 aliphatic heterocycles. The highest BCUT2D eigenvalue weighted by molar-refractivity contribution is 7.99. The summed E-state index contributed by atoms with van der Waals surface area (Å²) in [5, 5.41) is 19.3. The molecule has 0 N–H and O–H groups in total. The van der Waals surface area contributed by atoms with Crippen LogP contribution in [0.2, 0.25) is 0 Å². The predicted molar refractivity (Wildman–Crippen MR) is 75.8 cm³/mol. The summed E-state index contributed by atoms with van der Waals surface area (Å²) in [5.74, 6) is 0.253. The molecule has 1 aromatic heterocycles. The maximum atomic E-state index is 11.1. The van der Waals surface area contributed by atoms with Crippen LogP contribution in [0.3, 0.4) is 0 Å². The lowest BCUT2D eigenvalue weighted by Crippen LogP contribution is -2.04. The van der Waals surface area contributed by atoms with E-state index in [4.69, 9.17) is 0 Å². The van der Waals surface area contributed by atoms with Gasteiger partial charge in [0.15, 0.2) is 11.0 Å². The number of carbonyl (C=O) groups excluding carboxylic acids is 1. The molecule has 0 saturated heterocycles. The van der Waals surface area contributed by atoms with Crippen LogP contribution in [0.4, 0.5) is 5.69 Å². The van der Waals surface area contributed by atoms with Crippen LogP contribution in [0.15, 0.2) is 29.4 Å². The Morgan fingerprint density at radius 1 is 1.48 bits per heavy atom. The molecule has 8 nitrogen and oxygen atoms in total. The summed E-state index contributed by atoms with van der Waals surface area (Å²) in [6.07, 6.45) is 0. The van der Waals surface area contributed by atoms with Crippen molar-refractivity contribution in [1.82, 2.24) is 14.8 Å². The number of thioether (sulfide) groups is 1. The number of non-ortho nitro benzene ring substituents is 1. The molecule has 0 saturated carbocycles. The minimum Gasteiger partial charge on any atom is -0.468 e. The van der Waals surface area contributed by atoms with Crippen molar-refractivity contribution in [2.45, 2.75) is 5.16 Å². The summed E-state index contributed by atoms with van der Waals surface area (Å²) in [6.45, 7) is 0. The number of hydrogen-bond donors (Lipinski definition) is 0. The van der Waals surface area contributed by atoms with Crippen molar-refractivity contribution in [3.8, 4) is 11.4 Å². The molecule has 1 heterocycles. The van der Waals surface area contributed by atoms with Crippen LogP contribution in [-0.4, -0.2) is 38.5 Å². The van der Waals surface area contributed by atoms with Gasteiger partial charge >= 0.3 is 5.97 Å². The Balaban J connectivity index is 2.25. The van der Waals surface area contributed by atoms with Crippen molar-refractivity contribution in [1.29, 1.82) is 0 Å². The second-order valence-electron chi connectivity index (χ2n) is 4.04. The number of hydrogen-bond acceptors (Lipinski definition) is 7. The largest absolute Gasteiger partial charge is 0.468 e. The number of nitrogens with zero attached hydrogens (tertiary/aromatic N) is 4. The molecule has 0 bridgehead atoms. The number of nitro benzene ring substituents is 1. The average Bonchev–Trinajstić information content (AvgIpc) is 2.86. The maximum absolute atomic E-state index is 11.1. The van der Waals surface area contributed by atoms with Crippen LogP contribution in [0.25, 0.3) is 11.4 Å². The lowest BCUT2D eigenvalue weighted by atomic mass is 10.2. The van der Waals surface area contributed by atoms with Crippen LogP contribution >= 0.6 is 11.8 Å². The number of methoxy groups -OCH3 is 1. The van der Waals surface area contributed by atoms with E-state index in [0.717, 1.165) is 0 Å². The summed E-state index contributed by atoms with van der Waals surface area (Å²) in [6, 6.07) is 6.14. The van der Waals surface area contributed by atoms with Gasteiger partial charge < -0.3 is 9.30 Å². The van der Waals surface area contributed by atoms with Crippen molar-refractivity contribution in [2.24, 2.45) is 7.05 Å². The van der Waals surface area contributed by atoms with E-state index in [0.29, 0.717) is 16.5 Å². The van der Waals surface area contributed by atoms with E-state index in [2.05, 4.69) is 14.9 Å². The van der Waals surface area contributed by atoms with Crippen LogP contribution < -0.4 is 0 Å². The zero-order valence-electron chi connectivity index (χ0n) is 11.3. The monoisotopic (exact) mass is 308 g/mol. The van der Waals surface area contributed by atoms with Gasteiger partial charge in [0.2, 0.25) is 0 Å². The van der Waals surface area contributed by atoms with Crippen LogP contribution in [0, 0.1) is 10.1 Å². The van der Waals surface area contributed by atoms with E-state index < -0.39 is 4.92 Å². The van der Waals surface area contributed by atoms with E-state index in [1.54, 1.807) is 23.7 Å². The van der Waals surface area contributed by atoms with E-state index >= 15 is 0 Å². The topological polar surface area (TPSA) is 100 Å². The first kappa shape index (κ1) is 15.0. The third kappa shape index (κ3) is 3.37. The number of carbonyl (C=O) groups is 1. The van der Waals surface area contributed by atoms with E-state index in [-0.39, 0.29) is 17.4 Å². The zero-order chi connectivity index (χ0) is 15.4. The van der Waals surface area contributed by atoms with Gasteiger partial charge in [-0.1, -0.05) is 23.9 Å². The third-order valence-electron chi connectivity index (χ3n) is 2.70.